The quantitative estimate of drug-likeness (QED) is 0.808. The van der Waals surface area contributed by atoms with E-state index in [1.807, 2.05) is 36.9 Å². The number of aryl methyl sites for hydroxylation is 2. The van der Waals surface area contributed by atoms with Gasteiger partial charge in [0.2, 0.25) is 0 Å². The second kappa shape index (κ2) is 5.79. The van der Waals surface area contributed by atoms with Gasteiger partial charge in [-0.2, -0.15) is 0 Å². The van der Waals surface area contributed by atoms with Crippen LogP contribution in [0.1, 0.15) is 17.1 Å². The van der Waals surface area contributed by atoms with Crippen molar-refractivity contribution in [2.45, 2.75) is 13.3 Å². The first-order chi connectivity index (χ1) is 9.08. The van der Waals surface area contributed by atoms with Crippen molar-refractivity contribution in [1.82, 2.24) is 14.5 Å². The molecule has 3 N–H and O–H groups in total. The van der Waals surface area contributed by atoms with Crippen LogP contribution in [0.3, 0.4) is 0 Å². The monoisotopic (exact) mass is 275 g/mol. The fraction of sp³-hybridized carbons (Fsp3) is 0.308. The molecule has 0 aliphatic heterocycles. The lowest BCUT2D eigenvalue weighted by Gasteiger charge is -2.11. The molecule has 2 aromatic rings. The van der Waals surface area contributed by atoms with Crippen molar-refractivity contribution in [2.24, 2.45) is 12.8 Å². The fourth-order valence-corrected chi connectivity index (χ4v) is 1.99. The van der Waals surface area contributed by atoms with Crippen LogP contribution in [-0.4, -0.2) is 26.1 Å². The molecule has 0 spiro atoms. The third kappa shape index (κ3) is 3.29. The van der Waals surface area contributed by atoms with Crippen LogP contribution in [-0.2, 0) is 13.5 Å². The van der Waals surface area contributed by atoms with Crippen LogP contribution in [0.15, 0.2) is 24.5 Å². The maximum atomic E-state index is 5.69. The number of pyridine rings is 1. The molecule has 2 rings (SSSR count). The van der Waals surface area contributed by atoms with Gasteiger partial charge in [0.1, 0.15) is 16.6 Å². The first-order valence-corrected chi connectivity index (χ1v) is 6.46. The van der Waals surface area contributed by atoms with Crippen LogP contribution in [0.25, 0.3) is 0 Å². The molecule has 0 aromatic carbocycles. The topological polar surface area (TPSA) is 68.8 Å². The highest BCUT2D eigenvalue weighted by Gasteiger charge is 2.07. The number of anilines is 1. The number of rotatable bonds is 5. The first kappa shape index (κ1) is 13.5. The SMILES string of the molecule is Cc1ccc(C(N)=S)c(NCCc2nccn2C)n1. The predicted octanol–water partition coefficient (Wildman–Crippen LogP) is 1.41. The summed E-state index contributed by atoms with van der Waals surface area (Å²) in [6.07, 6.45) is 4.54. The van der Waals surface area contributed by atoms with Gasteiger partial charge in [-0.25, -0.2) is 9.97 Å². The van der Waals surface area contributed by atoms with Gasteiger partial charge in [-0.3, -0.25) is 0 Å². The third-order valence-corrected chi connectivity index (χ3v) is 3.08. The molecular weight excluding hydrogens is 258 g/mol. The van der Waals surface area contributed by atoms with Gasteiger partial charge in [0.25, 0.3) is 0 Å². The lowest BCUT2D eigenvalue weighted by Crippen LogP contribution is -2.16. The van der Waals surface area contributed by atoms with Gasteiger partial charge in [0, 0.05) is 38.1 Å². The Morgan fingerprint density at radius 1 is 1.47 bits per heavy atom. The van der Waals surface area contributed by atoms with Crippen molar-refractivity contribution in [2.75, 3.05) is 11.9 Å². The van der Waals surface area contributed by atoms with E-state index in [2.05, 4.69) is 15.3 Å². The maximum Gasteiger partial charge on any atom is 0.136 e. The van der Waals surface area contributed by atoms with Crippen molar-refractivity contribution < 1.29 is 0 Å². The summed E-state index contributed by atoms with van der Waals surface area (Å²) in [5.41, 5.74) is 7.40. The van der Waals surface area contributed by atoms with Crippen LogP contribution in [0.2, 0.25) is 0 Å². The highest BCUT2D eigenvalue weighted by atomic mass is 32.1. The maximum absolute atomic E-state index is 5.69. The van der Waals surface area contributed by atoms with E-state index < -0.39 is 0 Å². The number of hydrogen-bond donors (Lipinski definition) is 2. The van der Waals surface area contributed by atoms with Crippen molar-refractivity contribution >= 4 is 23.0 Å². The van der Waals surface area contributed by atoms with Gasteiger partial charge < -0.3 is 15.6 Å². The van der Waals surface area contributed by atoms with Crippen LogP contribution in [0.5, 0.6) is 0 Å². The Balaban J connectivity index is 2.05. The van der Waals surface area contributed by atoms with Gasteiger partial charge in [0.05, 0.1) is 5.56 Å². The van der Waals surface area contributed by atoms with Crippen LogP contribution < -0.4 is 11.1 Å². The fourth-order valence-electron chi connectivity index (χ4n) is 1.82. The summed E-state index contributed by atoms with van der Waals surface area (Å²) in [6.45, 7) is 2.67. The zero-order valence-electron chi connectivity index (χ0n) is 11.1. The lowest BCUT2D eigenvalue weighted by atomic mass is 10.2. The Hall–Kier alpha value is -1.95. The molecule has 0 atom stereocenters. The van der Waals surface area contributed by atoms with E-state index in [1.165, 1.54) is 0 Å². The van der Waals surface area contributed by atoms with E-state index in [4.69, 9.17) is 18.0 Å². The Bertz CT molecular complexity index is 590. The first-order valence-electron chi connectivity index (χ1n) is 6.05. The minimum atomic E-state index is 0.354. The van der Waals surface area contributed by atoms with Gasteiger partial charge in [-0.05, 0) is 19.1 Å². The summed E-state index contributed by atoms with van der Waals surface area (Å²) in [5.74, 6) is 1.76. The van der Waals surface area contributed by atoms with Gasteiger partial charge >= 0.3 is 0 Å². The largest absolute Gasteiger partial charge is 0.389 e. The van der Waals surface area contributed by atoms with E-state index in [0.29, 0.717) is 4.99 Å². The highest BCUT2D eigenvalue weighted by Crippen LogP contribution is 2.13. The van der Waals surface area contributed by atoms with Crippen LogP contribution in [0, 0.1) is 6.92 Å². The van der Waals surface area contributed by atoms with Crippen molar-refractivity contribution in [3.63, 3.8) is 0 Å². The normalized spacial score (nSPS) is 10.4. The van der Waals surface area contributed by atoms with Crippen molar-refractivity contribution in [1.29, 1.82) is 0 Å². The molecule has 0 fully saturated rings. The second-order valence-electron chi connectivity index (χ2n) is 4.34. The minimum absolute atomic E-state index is 0.354. The number of aromatic nitrogens is 3. The summed E-state index contributed by atoms with van der Waals surface area (Å²) in [4.78, 5) is 9.06. The molecule has 0 unspecified atom stereocenters. The summed E-state index contributed by atoms with van der Waals surface area (Å²) in [7, 11) is 1.98. The molecule has 19 heavy (non-hydrogen) atoms. The molecule has 0 aliphatic rings. The molecule has 0 radical (unpaired) electrons. The lowest BCUT2D eigenvalue weighted by molar-refractivity contribution is 0.788. The van der Waals surface area contributed by atoms with Gasteiger partial charge in [-0.1, -0.05) is 12.2 Å². The van der Waals surface area contributed by atoms with Crippen LogP contribution in [0.4, 0.5) is 5.82 Å². The molecule has 5 nitrogen and oxygen atoms in total. The molecule has 100 valence electrons. The molecule has 6 heteroatoms. The van der Waals surface area contributed by atoms with Crippen LogP contribution >= 0.6 is 12.2 Å². The minimum Gasteiger partial charge on any atom is -0.389 e. The Morgan fingerprint density at radius 3 is 2.89 bits per heavy atom. The van der Waals surface area contributed by atoms with E-state index in [9.17, 15) is 0 Å². The Labute approximate surface area is 117 Å². The summed E-state index contributed by atoms with van der Waals surface area (Å²) >= 11 is 5.03. The molecule has 2 aromatic heterocycles. The number of nitrogens with two attached hydrogens (primary N) is 1. The number of nitrogens with one attached hydrogen (secondary N) is 1. The number of imidazole rings is 1. The zero-order chi connectivity index (χ0) is 13.8. The predicted molar refractivity (Wildman–Crippen MR) is 80.3 cm³/mol. The Morgan fingerprint density at radius 2 is 2.26 bits per heavy atom. The van der Waals surface area contributed by atoms with E-state index in [1.54, 1.807) is 6.20 Å². The standard InChI is InChI=1S/C13H17N5S/c1-9-3-4-10(12(14)19)13(17-9)16-6-5-11-15-7-8-18(11)2/h3-4,7-8H,5-6H2,1-2H3,(H2,14,19)(H,16,17). The van der Waals surface area contributed by atoms with Crippen molar-refractivity contribution in [3.8, 4) is 0 Å². The van der Waals surface area contributed by atoms with E-state index in [0.717, 1.165) is 35.9 Å². The van der Waals surface area contributed by atoms with Gasteiger partial charge in [-0.15, -0.1) is 0 Å². The third-order valence-electron chi connectivity index (χ3n) is 2.86. The number of thiocarbonyl (C=S) groups is 1. The average Bonchev–Trinajstić information content (AvgIpc) is 2.75. The summed E-state index contributed by atoms with van der Waals surface area (Å²) in [6, 6.07) is 3.80. The van der Waals surface area contributed by atoms with E-state index in [-0.39, 0.29) is 0 Å². The summed E-state index contributed by atoms with van der Waals surface area (Å²) in [5, 5.41) is 3.27. The van der Waals surface area contributed by atoms with Crippen molar-refractivity contribution in [3.05, 3.63) is 41.6 Å². The molecule has 2 heterocycles. The zero-order valence-corrected chi connectivity index (χ0v) is 11.9. The smallest absolute Gasteiger partial charge is 0.136 e. The average molecular weight is 275 g/mol. The van der Waals surface area contributed by atoms with Gasteiger partial charge in [0.15, 0.2) is 0 Å². The highest BCUT2D eigenvalue weighted by molar-refractivity contribution is 7.80. The number of hydrogen-bond acceptors (Lipinski definition) is 4. The number of nitrogens with zero attached hydrogens (tertiary/aromatic N) is 3. The molecule has 0 amide bonds. The Kier molecular flexibility index (Phi) is 4.11. The molecule has 0 saturated carbocycles. The second-order valence-corrected chi connectivity index (χ2v) is 4.78. The molecule has 0 aliphatic carbocycles. The summed E-state index contributed by atoms with van der Waals surface area (Å²) < 4.78 is 2.00. The molecule has 0 saturated heterocycles. The molecular formula is C13H17N5S. The van der Waals surface area contributed by atoms with E-state index >= 15 is 0 Å². The molecule has 0 bridgehead atoms.